The molecule has 0 radical (unpaired) electrons. The van der Waals surface area contributed by atoms with E-state index < -0.39 is 28.8 Å². The molecule has 0 bridgehead atoms. The molecule has 34 heavy (non-hydrogen) atoms. The van der Waals surface area contributed by atoms with Crippen LogP contribution in [0.1, 0.15) is 88.9 Å². The summed E-state index contributed by atoms with van der Waals surface area (Å²) >= 11 is 0. The fraction of sp³-hybridized carbons (Fsp3) is 0.680. The Bertz CT molecular complexity index is 964. The summed E-state index contributed by atoms with van der Waals surface area (Å²) in [6.45, 7) is 4.75. The Kier molecular flexibility index (Phi) is 9.06. The standard InChI is InChI=1S/C25H38F3N3OP2/c1-4-5-18(16-8-10-25(28,34)11-9-16)22-30-20-7-6-17(13-21(20)31-22)19(12-15(2)26)23(32)29-14-24(3,27)33/h6-7,13,15-16,18-19H,4-5,8-12,14,33-34H2,1-3H3,(H,29,32)(H,30,31)/t15?,16?,18-,19?,24?,25?/m0/s1. The lowest BCUT2D eigenvalue weighted by atomic mass is 9.77. The maximum atomic E-state index is 14.3. The van der Waals surface area contributed by atoms with Crippen molar-refractivity contribution in [3.05, 3.63) is 29.6 Å². The Morgan fingerprint density at radius 3 is 2.65 bits per heavy atom. The SMILES string of the molecule is CCC[C@H](c1nc2ccc(C(CC(C)F)C(=O)NCC(C)(F)P)cc2[nH]1)C1CCC(F)(P)CC1. The number of nitrogens with one attached hydrogen (secondary N) is 2. The van der Waals surface area contributed by atoms with Crippen LogP contribution in [0.25, 0.3) is 11.0 Å². The summed E-state index contributed by atoms with van der Waals surface area (Å²) in [7, 11) is 4.41. The smallest absolute Gasteiger partial charge is 0.227 e. The summed E-state index contributed by atoms with van der Waals surface area (Å²) in [5.41, 5.74) is 2.25. The average Bonchev–Trinajstić information content (AvgIpc) is 3.17. The van der Waals surface area contributed by atoms with Crippen molar-refractivity contribution in [1.29, 1.82) is 0 Å². The minimum absolute atomic E-state index is 0.0126. The molecule has 0 aliphatic heterocycles. The van der Waals surface area contributed by atoms with Gasteiger partial charge in [-0.1, -0.05) is 37.9 Å². The van der Waals surface area contributed by atoms with E-state index in [-0.39, 0.29) is 18.9 Å². The zero-order valence-corrected chi connectivity index (χ0v) is 22.7. The van der Waals surface area contributed by atoms with Crippen molar-refractivity contribution in [2.24, 2.45) is 5.92 Å². The number of H-pyrrole nitrogens is 1. The highest BCUT2D eigenvalue weighted by Gasteiger charge is 2.35. The molecule has 6 atom stereocenters. The van der Waals surface area contributed by atoms with Crippen LogP contribution in [-0.4, -0.2) is 39.4 Å². The third kappa shape index (κ3) is 7.40. The Hall–Kier alpha value is -1.19. The fourth-order valence-electron chi connectivity index (χ4n) is 4.97. The molecule has 1 aromatic carbocycles. The lowest BCUT2D eigenvalue weighted by Gasteiger charge is -2.34. The molecule has 2 aromatic rings. The largest absolute Gasteiger partial charge is 0.352 e. The number of aromatic amines is 1. The number of benzene rings is 1. The molecule has 2 N–H and O–H groups in total. The highest BCUT2D eigenvalue weighted by molar-refractivity contribution is 7.18. The van der Waals surface area contributed by atoms with E-state index in [0.29, 0.717) is 24.3 Å². The first-order valence-electron chi connectivity index (χ1n) is 12.3. The van der Waals surface area contributed by atoms with E-state index in [2.05, 4.69) is 35.7 Å². The molecule has 4 nitrogen and oxygen atoms in total. The maximum absolute atomic E-state index is 14.3. The second-order valence-corrected chi connectivity index (χ2v) is 12.5. The lowest BCUT2D eigenvalue weighted by molar-refractivity contribution is -0.123. The summed E-state index contributed by atoms with van der Waals surface area (Å²) in [6, 6.07) is 5.50. The second-order valence-electron chi connectivity index (χ2n) is 10.2. The van der Waals surface area contributed by atoms with Crippen LogP contribution in [0.15, 0.2) is 18.2 Å². The number of amides is 1. The summed E-state index contributed by atoms with van der Waals surface area (Å²) in [5.74, 6) is 0.361. The first kappa shape index (κ1) is 27.4. The molecule has 1 saturated carbocycles. The molecule has 1 fully saturated rings. The van der Waals surface area contributed by atoms with Crippen LogP contribution in [0, 0.1) is 5.92 Å². The highest BCUT2D eigenvalue weighted by atomic mass is 31.0. The van der Waals surface area contributed by atoms with Crippen molar-refractivity contribution in [1.82, 2.24) is 15.3 Å². The van der Waals surface area contributed by atoms with E-state index in [0.717, 1.165) is 42.5 Å². The van der Waals surface area contributed by atoms with Gasteiger partial charge in [-0.2, -0.15) is 0 Å². The number of carbonyl (C=O) groups is 1. The maximum Gasteiger partial charge on any atom is 0.227 e. The first-order chi connectivity index (χ1) is 15.9. The van der Waals surface area contributed by atoms with Crippen molar-refractivity contribution < 1.29 is 18.0 Å². The van der Waals surface area contributed by atoms with Gasteiger partial charge in [-0.15, -0.1) is 0 Å². The summed E-state index contributed by atoms with van der Waals surface area (Å²) in [6.07, 6.45) is 3.53. The number of alkyl halides is 3. The molecule has 1 aliphatic carbocycles. The number of hydrogen-bond acceptors (Lipinski definition) is 2. The van der Waals surface area contributed by atoms with Gasteiger partial charge in [-0.05, 0) is 76.0 Å². The van der Waals surface area contributed by atoms with Crippen LogP contribution in [0.3, 0.4) is 0 Å². The Labute approximate surface area is 205 Å². The molecule has 0 saturated heterocycles. The normalized spacial score (nSPS) is 25.5. The molecular weight excluding hydrogens is 477 g/mol. The molecule has 1 amide bonds. The summed E-state index contributed by atoms with van der Waals surface area (Å²) in [4.78, 5) is 21.1. The molecule has 1 aromatic heterocycles. The fourth-order valence-corrected chi connectivity index (χ4v) is 5.41. The van der Waals surface area contributed by atoms with E-state index in [1.54, 1.807) is 6.07 Å². The van der Waals surface area contributed by atoms with Crippen molar-refractivity contribution >= 4 is 35.4 Å². The summed E-state index contributed by atoms with van der Waals surface area (Å²) in [5, 5.41) is -0.182. The van der Waals surface area contributed by atoms with Crippen molar-refractivity contribution in [3.8, 4) is 0 Å². The van der Waals surface area contributed by atoms with Gasteiger partial charge in [0.15, 0.2) is 0 Å². The zero-order chi connectivity index (χ0) is 25.1. The van der Waals surface area contributed by atoms with Crippen LogP contribution < -0.4 is 5.32 Å². The van der Waals surface area contributed by atoms with Crippen molar-refractivity contribution in [2.75, 3.05) is 6.54 Å². The van der Waals surface area contributed by atoms with E-state index in [1.165, 1.54) is 13.8 Å². The number of rotatable bonds is 10. The number of carbonyl (C=O) groups excluding carboxylic acids is 1. The van der Waals surface area contributed by atoms with Gasteiger partial charge in [0, 0.05) is 5.92 Å². The van der Waals surface area contributed by atoms with E-state index in [4.69, 9.17) is 4.98 Å². The number of halogens is 3. The third-order valence-corrected chi connectivity index (χ3v) is 7.57. The second kappa shape index (κ2) is 11.2. The van der Waals surface area contributed by atoms with E-state index in [1.807, 2.05) is 12.1 Å². The summed E-state index contributed by atoms with van der Waals surface area (Å²) < 4.78 is 42.1. The molecule has 3 rings (SSSR count). The van der Waals surface area contributed by atoms with Crippen LogP contribution >= 0.6 is 18.5 Å². The first-order valence-corrected chi connectivity index (χ1v) is 13.4. The van der Waals surface area contributed by atoms with Gasteiger partial charge >= 0.3 is 0 Å². The predicted molar refractivity (Wildman–Crippen MR) is 139 cm³/mol. The zero-order valence-electron chi connectivity index (χ0n) is 20.3. The quantitative estimate of drug-likeness (QED) is 0.347. The van der Waals surface area contributed by atoms with Crippen LogP contribution in [0.5, 0.6) is 0 Å². The van der Waals surface area contributed by atoms with Gasteiger partial charge in [0.2, 0.25) is 5.91 Å². The van der Waals surface area contributed by atoms with Gasteiger partial charge in [-0.3, -0.25) is 4.79 Å². The molecular formula is C25H38F3N3OP2. The monoisotopic (exact) mass is 515 g/mol. The van der Waals surface area contributed by atoms with Gasteiger partial charge in [-0.25, -0.2) is 18.2 Å². The van der Waals surface area contributed by atoms with Crippen LogP contribution in [-0.2, 0) is 4.79 Å². The highest BCUT2D eigenvalue weighted by Crippen LogP contribution is 2.45. The Morgan fingerprint density at radius 2 is 2.06 bits per heavy atom. The number of fused-ring (bicyclic) bond motifs is 1. The topological polar surface area (TPSA) is 57.8 Å². The Morgan fingerprint density at radius 1 is 1.38 bits per heavy atom. The van der Waals surface area contributed by atoms with Crippen molar-refractivity contribution in [3.63, 3.8) is 0 Å². The molecule has 190 valence electrons. The molecule has 5 unspecified atom stereocenters. The molecule has 9 heteroatoms. The number of imidazole rings is 1. The predicted octanol–water partition coefficient (Wildman–Crippen LogP) is 6.69. The van der Waals surface area contributed by atoms with Crippen molar-refractivity contribution in [2.45, 2.75) is 94.5 Å². The molecule has 1 heterocycles. The van der Waals surface area contributed by atoms with E-state index in [9.17, 15) is 18.0 Å². The van der Waals surface area contributed by atoms with Gasteiger partial charge in [0.05, 0.1) is 29.7 Å². The number of aromatic nitrogens is 2. The number of nitrogens with zero attached hydrogens (tertiary/aromatic N) is 1. The van der Waals surface area contributed by atoms with Crippen LogP contribution in [0.4, 0.5) is 13.2 Å². The third-order valence-electron chi connectivity index (χ3n) is 6.79. The number of hydrogen-bond donors (Lipinski definition) is 2. The van der Waals surface area contributed by atoms with Crippen LogP contribution in [0.2, 0.25) is 0 Å². The molecule has 0 spiro atoms. The molecule has 1 aliphatic rings. The minimum Gasteiger partial charge on any atom is -0.352 e. The lowest BCUT2D eigenvalue weighted by Crippen LogP contribution is -2.37. The average molecular weight is 516 g/mol. The van der Waals surface area contributed by atoms with Gasteiger partial charge in [0.25, 0.3) is 0 Å². The minimum atomic E-state index is -1.63. The van der Waals surface area contributed by atoms with E-state index >= 15 is 0 Å². The van der Waals surface area contributed by atoms with Gasteiger partial charge in [0.1, 0.15) is 16.6 Å². The van der Waals surface area contributed by atoms with Gasteiger partial charge < -0.3 is 10.3 Å². The Balaban J connectivity index is 1.86.